The third kappa shape index (κ3) is 69.5. The maximum Gasteiger partial charge on any atom is 0.306 e. The Kier molecular flexibility index (Phi) is 68.6. The van der Waals surface area contributed by atoms with E-state index >= 15 is 0 Å². The van der Waals surface area contributed by atoms with Crippen LogP contribution in [0.1, 0.15) is 380 Å². The van der Waals surface area contributed by atoms with Crippen LogP contribution >= 0.6 is 0 Å². The third-order valence-electron chi connectivity index (χ3n) is 16.2. The van der Waals surface area contributed by atoms with E-state index in [2.05, 4.69) is 87.6 Å². The van der Waals surface area contributed by atoms with E-state index < -0.39 is 6.10 Å². The number of esters is 3. The Labute approximate surface area is 516 Å². The molecular weight excluding hydrogens is 1020 g/mol. The molecule has 0 spiro atoms. The molecule has 0 aliphatic heterocycles. The summed E-state index contributed by atoms with van der Waals surface area (Å²) in [7, 11) is 0. The van der Waals surface area contributed by atoms with Crippen molar-refractivity contribution in [3.63, 3.8) is 0 Å². The summed E-state index contributed by atoms with van der Waals surface area (Å²) in [6.45, 7) is 6.51. The van der Waals surface area contributed by atoms with Crippen molar-refractivity contribution in [2.75, 3.05) is 13.2 Å². The lowest BCUT2D eigenvalue weighted by Crippen LogP contribution is -2.30. The first kappa shape index (κ1) is 79.8. The number of rotatable bonds is 67. The lowest BCUT2D eigenvalue weighted by molar-refractivity contribution is -0.166. The van der Waals surface area contributed by atoms with Crippen LogP contribution in [-0.2, 0) is 28.6 Å². The van der Waals surface area contributed by atoms with E-state index in [0.717, 1.165) is 70.6 Å². The quantitative estimate of drug-likeness (QED) is 0.0261. The van der Waals surface area contributed by atoms with Crippen LogP contribution in [0.15, 0.2) is 72.9 Å². The zero-order valence-corrected chi connectivity index (χ0v) is 55.5. The molecule has 6 nitrogen and oxygen atoms in total. The van der Waals surface area contributed by atoms with E-state index in [9.17, 15) is 14.4 Å². The van der Waals surface area contributed by atoms with Gasteiger partial charge in [-0.15, -0.1) is 0 Å². The van der Waals surface area contributed by atoms with Crippen molar-refractivity contribution in [1.82, 2.24) is 0 Å². The second kappa shape index (κ2) is 71.3. The monoisotopic (exact) mass is 1160 g/mol. The second-order valence-electron chi connectivity index (χ2n) is 24.5. The number of hydrogen-bond acceptors (Lipinski definition) is 6. The van der Waals surface area contributed by atoms with Crippen LogP contribution in [0.4, 0.5) is 0 Å². The number of allylic oxidation sites excluding steroid dienone is 12. The normalized spacial score (nSPS) is 12.5. The molecule has 0 radical (unpaired) electrons. The lowest BCUT2D eigenvalue weighted by atomic mass is 10.0. The topological polar surface area (TPSA) is 78.9 Å². The van der Waals surface area contributed by atoms with Gasteiger partial charge in [0.2, 0.25) is 0 Å². The largest absolute Gasteiger partial charge is 0.462 e. The van der Waals surface area contributed by atoms with E-state index in [0.29, 0.717) is 19.3 Å². The van der Waals surface area contributed by atoms with Gasteiger partial charge in [0.15, 0.2) is 6.10 Å². The molecule has 0 bridgehead atoms. The summed E-state index contributed by atoms with van der Waals surface area (Å²) in [6, 6.07) is 0. The molecular formula is C77H138O6. The van der Waals surface area contributed by atoms with E-state index in [1.54, 1.807) is 0 Å². The van der Waals surface area contributed by atoms with Crippen molar-refractivity contribution in [3.8, 4) is 0 Å². The first-order chi connectivity index (χ1) is 41.0. The zero-order valence-electron chi connectivity index (χ0n) is 55.5. The molecule has 6 heteroatoms. The molecule has 1 atom stereocenters. The number of unbranched alkanes of at least 4 members (excludes halogenated alkanes) is 44. The average molecular weight is 1160 g/mol. The minimum absolute atomic E-state index is 0.0921. The van der Waals surface area contributed by atoms with Crippen molar-refractivity contribution in [1.29, 1.82) is 0 Å². The van der Waals surface area contributed by atoms with Crippen molar-refractivity contribution >= 4 is 17.9 Å². The molecule has 0 saturated carbocycles. The van der Waals surface area contributed by atoms with Gasteiger partial charge in [0.1, 0.15) is 13.2 Å². The van der Waals surface area contributed by atoms with E-state index in [1.807, 2.05) is 6.08 Å². The van der Waals surface area contributed by atoms with Gasteiger partial charge in [-0.2, -0.15) is 0 Å². The summed E-state index contributed by atoms with van der Waals surface area (Å²) in [5.41, 5.74) is 0. The summed E-state index contributed by atoms with van der Waals surface area (Å²) in [5, 5.41) is 0. The fourth-order valence-electron chi connectivity index (χ4n) is 10.8. The van der Waals surface area contributed by atoms with Gasteiger partial charge in [0, 0.05) is 19.3 Å². The molecule has 0 aromatic carbocycles. The van der Waals surface area contributed by atoms with Gasteiger partial charge in [-0.1, -0.05) is 357 Å². The lowest BCUT2D eigenvalue weighted by Gasteiger charge is -2.18. The summed E-state index contributed by atoms with van der Waals surface area (Å²) < 4.78 is 16.9. The average Bonchev–Trinajstić information content (AvgIpc) is 3.49. The molecule has 0 fully saturated rings. The maximum atomic E-state index is 12.9. The standard InChI is InChI=1S/C77H138O6/c1-4-7-10-13-16-19-22-25-27-29-31-32-33-34-35-36-37-38-39-40-41-42-43-44-46-47-49-52-55-58-61-64-67-70-76(79)82-73-74(72-81-75(78)69-66-63-60-57-54-51-24-21-18-15-12-9-6-3)83-77(80)71-68-65-62-59-56-53-50-48-45-30-28-26-23-20-17-14-11-8-5-2/h9,12,18,21-22,25,29,31,51,54,60,63,74H,4-8,10-11,13-17,19-20,23-24,26-28,30,32-50,52-53,55-59,61-62,64-73H2,1-3H3/b12-9-,21-18-,25-22-,31-29-,54-51-,63-60-. The van der Waals surface area contributed by atoms with Crippen LogP contribution in [0.25, 0.3) is 0 Å². The zero-order chi connectivity index (χ0) is 59.9. The molecule has 0 amide bonds. The van der Waals surface area contributed by atoms with Crippen molar-refractivity contribution in [2.24, 2.45) is 0 Å². The highest BCUT2D eigenvalue weighted by molar-refractivity contribution is 5.71. The fourth-order valence-corrected chi connectivity index (χ4v) is 10.8. The molecule has 0 aromatic heterocycles. The second-order valence-corrected chi connectivity index (χ2v) is 24.5. The molecule has 0 heterocycles. The minimum Gasteiger partial charge on any atom is -0.462 e. The van der Waals surface area contributed by atoms with Crippen molar-refractivity contribution in [3.05, 3.63) is 72.9 Å². The van der Waals surface area contributed by atoms with Gasteiger partial charge in [-0.05, 0) is 77.0 Å². The number of carbonyl (C=O) groups excluding carboxylic acids is 3. The number of ether oxygens (including phenoxy) is 3. The Morgan fingerprint density at radius 2 is 0.494 bits per heavy atom. The van der Waals surface area contributed by atoms with Crippen LogP contribution in [0.5, 0.6) is 0 Å². The highest BCUT2D eigenvalue weighted by atomic mass is 16.6. The van der Waals surface area contributed by atoms with Crippen LogP contribution in [0, 0.1) is 0 Å². The number of hydrogen-bond donors (Lipinski definition) is 0. The third-order valence-corrected chi connectivity index (χ3v) is 16.2. The molecule has 83 heavy (non-hydrogen) atoms. The summed E-state index contributed by atoms with van der Waals surface area (Å²) >= 11 is 0. The Morgan fingerprint density at radius 1 is 0.253 bits per heavy atom. The van der Waals surface area contributed by atoms with E-state index in [-0.39, 0.29) is 37.5 Å². The van der Waals surface area contributed by atoms with Gasteiger partial charge in [0.25, 0.3) is 0 Å². The Balaban J connectivity index is 4.16. The Bertz CT molecular complexity index is 1520. The summed E-state index contributed by atoms with van der Waals surface area (Å²) in [6.07, 6.45) is 94.0. The fraction of sp³-hybridized carbons (Fsp3) is 0.805. The molecule has 0 saturated heterocycles. The SMILES string of the molecule is CC/C=C\C/C=C\C/C=C\C/C=C\CCC(=O)OCC(COC(=O)CCCCCCCCCCCCCCCCCCCCCCC/C=C\C/C=C\CCCCCCC)OC(=O)CCCCCCCCCCCCCCCCCCCCC. The van der Waals surface area contributed by atoms with E-state index in [1.165, 1.54) is 263 Å². The summed E-state index contributed by atoms with van der Waals surface area (Å²) in [5.74, 6) is -0.954. The number of carbonyl (C=O) groups is 3. The van der Waals surface area contributed by atoms with Gasteiger partial charge in [-0.3, -0.25) is 14.4 Å². The smallest absolute Gasteiger partial charge is 0.306 e. The predicted molar refractivity (Wildman–Crippen MR) is 362 cm³/mol. The molecule has 1 unspecified atom stereocenters. The van der Waals surface area contributed by atoms with Gasteiger partial charge >= 0.3 is 17.9 Å². The Morgan fingerprint density at radius 3 is 0.807 bits per heavy atom. The molecule has 0 aliphatic rings. The van der Waals surface area contributed by atoms with Crippen molar-refractivity contribution < 1.29 is 28.6 Å². The molecule has 0 aromatic rings. The van der Waals surface area contributed by atoms with Gasteiger partial charge in [0.05, 0.1) is 0 Å². The van der Waals surface area contributed by atoms with Gasteiger partial charge in [-0.25, -0.2) is 0 Å². The molecule has 0 rings (SSSR count). The first-order valence-electron chi connectivity index (χ1n) is 36.4. The highest BCUT2D eigenvalue weighted by Crippen LogP contribution is 2.19. The first-order valence-corrected chi connectivity index (χ1v) is 36.4. The molecule has 482 valence electrons. The van der Waals surface area contributed by atoms with E-state index in [4.69, 9.17) is 14.2 Å². The minimum atomic E-state index is -0.802. The summed E-state index contributed by atoms with van der Waals surface area (Å²) in [4.78, 5) is 38.4. The van der Waals surface area contributed by atoms with Crippen LogP contribution in [0.3, 0.4) is 0 Å². The van der Waals surface area contributed by atoms with Crippen LogP contribution in [0.2, 0.25) is 0 Å². The molecule has 0 aliphatic carbocycles. The highest BCUT2D eigenvalue weighted by Gasteiger charge is 2.19. The van der Waals surface area contributed by atoms with Crippen LogP contribution < -0.4 is 0 Å². The van der Waals surface area contributed by atoms with Gasteiger partial charge < -0.3 is 14.2 Å². The predicted octanol–water partition coefficient (Wildman–Crippen LogP) is 25.2. The molecule has 0 N–H and O–H groups in total. The van der Waals surface area contributed by atoms with Crippen molar-refractivity contribution in [2.45, 2.75) is 386 Å². The Hall–Kier alpha value is -3.15. The van der Waals surface area contributed by atoms with Crippen LogP contribution in [-0.4, -0.2) is 37.2 Å². The maximum absolute atomic E-state index is 12.9.